The van der Waals surface area contributed by atoms with Gasteiger partial charge >= 0.3 is 6.09 Å². The fourth-order valence-corrected chi connectivity index (χ4v) is 3.93. The van der Waals surface area contributed by atoms with Gasteiger partial charge in [0.05, 0.1) is 0 Å². The topological polar surface area (TPSA) is 53.1 Å². The molecule has 148 valence electrons. The Morgan fingerprint density at radius 1 is 1.04 bits per heavy atom. The average Bonchev–Trinajstić information content (AvgIpc) is 3.22. The second-order valence-corrected chi connectivity index (χ2v) is 7.76. The molecule has 1 aromatic rings. The lowest BCUT2D eigenvalue weighted by atomic mass is 10.1. The first-order valence-corrected chi connectivity index (χ1v) is 10.0. The minimum atomic E-state index is -0.394. The molecule has 3 rings (SSSR count). The SMILES string of the molecule is CN(C)C(=O)Oc1ccc(CCC(=O)N2CCN(C3CCCC3)CC2)cc1. The Bertz CT molecular complexity index is 631. The van der Waals surface area contributed by atoms with Gasteiger partial charge < -0.3 is 14.5 Å². The lowest BCUT2D eigenvalue weighted by Gasteiger charge is -2.38. The molecule has 1 heterocycles. The van der Waals surface area contributed by atoms with Gasteiger partial charge in [0.25, 0.3) is 0 Å². The molecule has 0 unspecified atom stereocenters. The first kappa shape index (κ1) is 19.7. The van der Waals surface area contributed by atoms with Crippen molar-refractivity contribution in [3.05, 3.63) is 29.8 Å². The highest BCUT2D eigenvalue weighted by Crippen LogP contribution is 2.24. The average molecular weight is 373 g/mol. The zero-order valence-corrected chi connectivity index (χ0v) is 16.5. The summed E-state index contributed by atoms with van der Waals surface area (Å²) in [4.78, 5) is 30.0. The van der Waals surface area contributed by atoms with Crippen LogP contribution in [0, 0.1) is 0 Å². The van der Waals surface area contributed by atoms with Crippen molar-refractivity contribution >= 4 is 12.0 Å². The van der Waals surface area contributed by atoms with E-state index in [-0.39, 0.29) is 5.91 Å². The van der Waals surface area contributed by atoms with E-state index in [1.807, 2.05) is 17.0 Å². The van der Waals surface area contributed by atoms with Crippen LogP contribution in [0.1, 0.15) is 37.7 Å². The highest BCUT2D eigenvalue weighted by atomic mass is 16.6. The molecule has 0 N–H and O–H groups in total. The van der Waals surface area contributed by atoms with Crippen LogP contribution in [0.3, 0.4) is 0 Å². The van der Waals surface area contributed by atoms with Crippen molar-refractivity contribution in [2.45, 2.75) is 44.6 Å². The number of hydrogen-bond donors (Lipinski definition) is 0. The largest absolute Gasteiger partial charge is 0.414 e. The zero-order chi connectivity index (χ0) is 19.2. The number of piperazine rings is 1. The summed E-state index contributed by atoms with van der Waals surface area (Å²) in [6.45, 7) is 3.74. The standard InChI is InChI=1S/C21H31N3O3/c1-22(2)21(26)27-19-10-7-17(8-11-19)9-12-20(25)24-15-13-23(14-16-24)18-5-3-4-6-18/h7-8,10-11,18H,3-6,9,12-16H2,1-2H3. The summed E-state index contributed by atoms with van der Waals surface area (Å²) in [6, 6.07) is 8.15. The van der Waals surface area contributed by atoms with Crippen LogP contribution in [-0.4, -0.2) is 73.0 Å². The minimum Gasteiger partial charge on any atom is -0.410 e. The van der Waals surface area contributed by atoms with Crippen molar-refractivity contribution in [1.29, 1.82) is 0 Å². The van der Waals surface area contributed by atoms with E-state index in [2.05, 4.69) is 4.90 Å². The summed E-state index contributed by atoms with van der Waals surface area (Å²) in [5.41, 5.74) is 1.08. The predicted molar refractivity (Wildman–Crippen MR) is 105 cm³/mol. The van der Waals surface area contributed by atoms with Gasteiger partial charge in [-0.25, -0.2) is 4.79 Å². The summed E-state index contributed by atoms with van der Waals surface area (Å²) in [5.74, 6) is 0.760. The van der Waals surface area contributed by atoms with Gasteiger partial charge in [-0.05, 0) is 37.0 Å². The van der Waals surface area contributed by atoms with E-state index in [0.717, 1.165) is 37.8 Å². The minimum absolute atomic E-state index is 0.240. The maximum Gasteiger partial charge on any atom is 0.414 e. The van der Waals surface area contributed by atoms with Gasteiger partial charge in [-0.1, -0.05) is 25.0 Å². The second kappa shape index (κ2) is 9.22. The maximum absolute atomic E-state index is 12.5. The first-order valence-electron chi connectivity index (χ1n) is 10.0. The molecular weight excluding hydrogens is 342 g/mol. The third kappa shape index (κ3) is 5.45. The molecule has 6 nitrogen and oxygen atoms in total. The Hall–Kier alpha value is -2.08. The molecule has 27 heavy (non-hydrogen) atoms. The number of nitrogens with zero attached hydrogens (tertiary/aromatic N) is 3. The molecule has 6 heteroatoms. The van der Waals surface area contributed by atoms with Crippen LogP contribution >= 0.6 is 0 Å². The molecule has 0 spiro atoms. The molecule has 0 atom stereocenters. The van der Waals surface area contributed by atoms with Crippen molar-refractivity contribution in [2.24, 2.45) is 0 Å². The molecule has 0 aromatic heterocycles. The Morgan fingerprint density at radius 2 is 1.67 bits per heavy atom. The molecule has 1 saturated heterocycles. The maximum atomic E-state index is 12.5. The molecule has 1 saturated carbocycles. The van der Waals surface area contributed by atoms with Crippen LogP contribution in [0.4, 0.5) is 4.79 Å². The molecule has 1 aliphatic heterocycles. The van der Waals surface area contributed by atoms with Gasteiger partial charge in [0, 0.05) is 52.7 Å². The predicted octanol–water partition coefficient (Wildman–Crippen LogP) is 2.77. The van der Waals surface area contributed by atoms with E-state index < -0.39 is 6.09 Å². The van der Waals surface area contributed by atoms with Gasteiger partial charge in [0.15, 0.2) is 0 Å². The number of carbonyl (C=O) groups is 2. The molecular formula is C21H31N3O3. The van der Waals surface area contributed by atoms with E-state index in [1.54, 1.807) is 26.2 Å². The third-order valence-corrected chi connectivity index (χ3v) is 5.63. The summed E-state index contributed by atoms with van der Waals surface area (Å²) in [7, 11) is 3.30. The highest BCUT2D eigenvalue weighted by Gasteiger charge is 2.27. The van der Waals surface area contributed by atoms with E-state index in [1.165, 1.54) is 30.6 Å². The number of carbonyl (C=O) groups excluding carboxylic acids is 2. The van der Waals surface area contributed by atoms with Crippen molar-refractivity contribution < 1.29 is 14.3 Å². The quantitative estimate of drug-likeness (QED) is 0.796. The molecule has 1 aromatic carbocycles. The van der Waals surface area contributed by atoms with Gasteiger partial charge in [-0.15, -0.1) is 0 Å². The van der Waals surface area contributed by atoms with Crippen LogP contribution in [-0.2, 0) is 11.2 Å². The molecule has 2 amide bonds. The lowest BCUT2D eigenvalue weighted by molar-refractivity contribution is -0.133. The summed E-state index contributed by atoms with van der Waals surface area (Å²) in [5, 5.41) is 0. The normalized spacial score (nSPS) is 18.5. The Kier molecular flexibility index (Phi) is 6.72. The first-order chi connectivity index (χ1) is 13.0. The molecule has 2 fully saturated rings. The van der Waals surface area contributed by atoms with E-state index in [9.17, 15) is 9.59 Å². The van der Waals surface area contributed by atoms with Crippen LogP contribution in [0.5, 0.6) is 5.75 Å². The van der Waals surface area contributed by atoms with Crippen LogP contribution in [0.15, 0.2) is 24.3 Å². The molecule has 1 aliphatic carbocycles. The van der Waals surface area contributed by atoms with Gasteiger partial charge in [-0.3, -0.25) is 9.69 Å². The van der Waals surface area contributed by atoms with E-state index in [0.29, 0.717) is 18.6 Å². The number of rotatable bonds is 5. The number of benzene rings is 1. The lowest BCUT2D eigenvalue weighted by Crippen LogP contribution is -2.51. The Morgan fingerprint density at radius 3 is 2.26 bits per heavy atom. The zero-order valence-electron chi connectivity index (χ0n) is 16.5. The smallest absolute Gasteiger partial charge is 0.410 e. The summed E-state index contributed by atoms with van der Waals surface area (Å²) >= 11 is 0. The van der Waals surface area contributed by atoms with Crippen molar-refractivity contribution in [1.82, 2.24) is 14.7 Å². The number of hydrogen-bond acceptors (Lipinski definition) is 4. The molecule has 0 radical (unpaired) electrons. The second-order valence-electron chi connectivity index (χ2n) is 7.76. The summed E-state index contributed by atoms with van der Waals surface area (Å²) in [6.07, 6.45) is 6.22. The van der Waals surface area contributed by atoms with Gasteiger partial charge in [-0.2, -0.15) is 0 Å². The number of aryl methyl sites for hydroxylation is 1. The third-order valence-electron chi connectivity index (χ3n) is 5.63. The summed E-state index contributed by atoms with van der Waals surface area (Å²) < 4.78 is 5.21. The Labute approximate surface area is 162 Å². The fourth-order valence-electron chi connectivity index (χ4n) is 3.93. The van der Waals surface area contributed by atoms with Crippen molar-refractivity contribution in [2.75, 3.05) is 40.3 Å². The van der Waals surface area contributed by atoms with Crippen molar-refractivity contribution in [3.63, 3.8) is 0 Å². The monoisotopic (exact) mass is 373 g/mol. The van der Waals surface area contributed by atoms with Crippen LogP contribution < -0.4 is 4.74 Å². The number of amides is 2. The van der Waals surface area contributed by atoms with Gasteiger partial charge in [0.2, 0.25) is 5.91 Å². The Balaban J connectivity index is 1.40. The van der Waals surface area contributed by atoms with Crippen LogP contribution in [0.2, 0.25) is 0 Å². The van der Waals surface area contributed by atoms with Gasteiger partial charge in [0.1, 0.15) is 5.75 Å². The van der Waals surface area contributed by atoms with E-state index >= 15 is 0 Å². The highest BCUT2D eigenvalue weighted by molar-refractivity contribution is 5.76. The molecule has 2 aliphatic rings. The van der Waals surface area contributed by atoms with E-state index in [4.69, 9.17) is 4.74 Å². The molecule has 0 bridgehead atoms. The van der Waals surface area contributed by atoms with Crippen molar-refractivity contribution in [3.8, 4) is 5.75 Å². The number of ether oxygens (including phenoxy) is 1. The van der Waals surface area contributed by atoms with Crippen LogP contribution in [0.25, 0.3) is 0 Å². The fraction of sp³-hybridized carbons (Fsp3) is 0.619.